The smallest absolute Gasteiger partial charge is 0.237 e. The van der Waals surface area contributed by atoms with Crippen LogP contribution in [0.3, 0.4) is 0 Å². The zero-order chi connectivity index (χ0) is 13.9. The molecule has 3 aromatic rings. The molecule has 0 amide bonds. The highest BCUT2D eigenvalue weighted by atomic mass is 79.9. The number of pyridine rings is 1. The number of rotatable bonds is 4. The number of methoxy groups -OCH3 is 1. The number of ether oxygens (including phenoxy) is 1. The molecule has 7 heteroatoms. The van der Waals surface area contributed by atoms with Crippen molar-refractivity contribution < 1.29 is 4.74 Å². The van der Waals surface area contributed by atoms with Gasteiger partial charge in [-0.1, -0.05) is 0 Å². The van der Waals surface area contributed by atoms with Crippen LogP contribution in [0, 0.1) is 0 Å². The summed E-state index contributed by atoms with van der Waals surface area (Å²) in [4.78, 5) is 12.6. The van der Waals surface area contributed by atoms with Crippen LogP contribution < -0.4 is 10.1 Å². The molecule has 3 rings (SSSR count). The van der Waals surface area contributed by atoms with Gasteiger partial charge in [0.15, 0.2) is 5.65 Å². The van der Waals surface area contributed by atoms with Crippen molar-refractivity contribution >= 4 is 27.3 Å². The van der Waals surface area contributed by atoms with E-state index in [2.05, 4.69) is 36.2 Å². The van der Waals surface area contributed by atoms with Crippen molar-refractivity contribution in [3.63, 3.8) is 0 Å². The van der Waals surface area contributed by atoms with Gasteiger partial charge in [-0.05, 0) is 28.1 Å². The lowest BCUT2D eigenvalue weighted by atomic mass is 10.3. The summed E-state index contributed by atoms with van der Waals surface area (Å²) in [5.74, 6) is 0.573. The molecule has 0 saturated heterocycles. The lowest BCUT2D eigenvalue weighted by Gasteiger charge is -2.09. The minimum absolute atomic E-state index is 0.573. The molecule has 102 valence electrons. The van der Waals surface area contributed by atoms with Crippen LogP contribution in [0.4, 0.5) is 5.69 Å². The average Bonchev–Trinajstić information content (AvgIpc) is 2.87. The van der Waals surface area contributed by atoms with Gasteiger partial charge in [0.25, 0.3) is 0 Å². The molecule has 20 heavy (non-hydrogen) atoms. The van der Waals surface area contributed by atoms with Gasteiger partial charge in [-0.2, -0.15) is 0 Å². The molecule has 3 aromatic heterocycles. The van der Waals surface area contributed by atoms with Crippen LogP contribution in [0.15, 0.2) is 41.5 Å². The second-order valence-corrected chi connectivity index (χ2v) is 4.91. The molecule has 0 spiro atoms. The summed E-state index contributed by atoms with van der Waals surface area (Å²) in [5, 5.41) is 3.29. The van der Waals surface area contributed by atoms with E-state index in [4.69, 9.17) is 4.74 Å². The fourth-order valence-corrected chi connectivity index (χ4v) is 2.23. The number of nitrogens with one attached hydrogen (secondary N) is 1. The van der Waals surface area contributed by atoms with Crippen molar-refractivity contribution in [2.75, 3.05) is 12.4 Å². The van der Waals surface area contributed by atoms with Crippen molar-refractivity contribution in [2.24, 2.45) is 0 Å². The molecule has 6 nitrogen and oxygen atoms in total. The lowest BCUT2D eigenvalue weighted by Crippen LogP contribution is -2.04. The maximum absolute atomic E-state index is 5.21. The summed E-state index contributed by atoms with van der Waals surface area (Å²) in [6.07, 6.45) is 7.12. The fraction of sp³-hybridized carbons (Fsp3) is 0.154. The Labute approximate surface area is 124 Å². The molecule has 0 bridgehead atoms. The van der Waals surface area contributed by atoms with E-state index >= 15 is 0 Å². The Morgan fingerprint density at radius 2 is 2.20 bits per heavy atom. The van der Waals surface area contributed by atoms with E-state index in [9.17, 15) is 0 Å². The van der Waals surface area contributed by atoms with E-state index in [1.807, 2.05) is 28.9 Å². The third-order valence-electron chi connectivity index (χ3n) is 2.87. The summed E-state index contributed by atoms with van der Waals surface area (Å²) in [7, 11) is 1.60. The minimum Gasteiger partial charge on any atom is -0.480 e. The number of aromatic nitrogens is 4. The molecule has 0 aliphatic carbocycles. The Bertz CT molecular complexity index is 742. The molecule has 0 radical (unpaired) electrons. The summed E-state index contributed by atoms with van der Waals surface area (Å²) >= 11 is 3.36. The normalized spacial score (nSPS) is 10.7. The van der Waals surface area contributed by atoms with E-state index in [1.54, 1.807) is 19.5 Å². The van der Waals surface area contributed by atoms with Crippen LogP contribution in [0.5, 0.6) is 5.88 Å². The van der Waals surface area contributed by atoms with E-state index in [0.29, 0.717) is 12.4 Å². The first kappa shape index (κ1) is 12.9. The van der Waals surface area contributed by atoms with Crippen LogP contribution in [0.1, 0.15) is 5.69 Å². The Hall–Kier alpha value is -2.15. The van der Waals surface area contributed by atoms with Crippen molar-refractivity contribution in [3.8, 4) is 5.88 Å². The van der Waals surface area contributed by atoms with Gasteiger partial charge in [-0.3, -0.25) is 4.40 Å². The van der Waals surface area contributed by atoms with Crippen LogP contribution in [0.25, 0.3) is 5.65 Å². The Balaban J connectivity index is 1.85. The van der Waals surface area contributed by atoms with Crippen LogP contribution >= 0.6 is 15.9 Å². The maximum atomic E-state index is 5.21. The summed E-state index contributed by atoms with van der Waals surface area (Å²) in [6.45, 7) is 0.611. The molecule has 0 fully saturated rings. The Kier molecular flexibility index (Phi) is 3.51. The summed E-state index contributed by atoms with van der Waals surface area (Å²) in [5.41, 5.74) is 2.68. The number of hydrogen-bond acceptors (Lipinski definition) is 5. The summed E-state index contributed by atoms with van der Waals surface area (Å²) in [6, 6.07) is 3.78. The predicted molar refractivity (Wildman–Crippen MR) is 78.8 cm³/mol. The number of halogens is 1. The van der Waals surface area contributed by atoms with E-state index in [0.717, 1.165) is 21.6 Å². The molecule has 0 aliphatic rings. The highest BCUT2D eigenvalue weighted by Crippen LogP contribution is 2.21. The third kappa shape index (κ3) is 2.44. The highest BCUT2D eigenvalue weighted by molar-refractivity contribution is 9.10. The van der Waals surface area contributed by atoms with Gasteiger partial charge >= 0.3 is 0 Å². The molecule has 0 aromatic carbocycles. The SMILES string of the molecule is COc1ncccc1NCc1cnc2cnc(Br)cn12. The Morgan fingerprint density at radius 1 is 1.30 bits per heavy atom. The molecule has 0 saturated carbocycles. The predicted octanol–water partition coefficient (Wildman–Crippen LogP) is 2.51. The number of imidazole rings is 1. The van der Waals surface area contributed by atoms with Gasteiger partial charge in [-0.15, -0.1) is 0 Å². The van der Waals surface area contributed by atoms with Crippen LogP contribution in [-0.2, 0) is 6.54 Å². The number of nitrogens with zero attached hydrogens (tertiary/aromatic N) is 4. The number of fused-ring (bicyclic) bond motifs is 1. The average molecular weight is 334 g/mol. The van der Waals surface area contributed by atoms with Gasteiger partial charge in [0.2, 0.25) is 5.88 Å². The van der Waals surface area contributed by atoms with Crippen molar-refractivity contribution in [2.45, 2.75) is 6.54 Å². The standard InChI is InChI=1S/C13H12BrN5O/c1-20-13-10(3-2-4-15-13)16-5-9-6-18-12-7-17-11(14)8-19(9)12/h2-4,6-8,16H,5H2,1H3. The van der Waals surface area contributed by atoms with Crippen molar-refractivity contribution in [1.29, 1.82) is 0 Å². The van der Waals surface area contributed by atoms with Crippen LogP contribution in [-0.4, -0.2) is 26.5 Å². The number of anilines is 1. The quantitative estimate of drug-likeness (QED) is 0.794. The van der Waals surface area contributed by atoms with Gasteiger partial charge < -0.3 is 10.1 Å². The van der Waals surface area contributed by atoms with Gasteiger partial charge in [0.1, 0.15) is 4.60 Å². The van der Waals surface area contributed by atoms with E-state index < -0.39 is 0 Å². The van der Waals surface area contributed by atoms with Crippen molar-refractivity contribution in [3.05, 3.63) is 47.2 Å². The van der Waals surface area contributed by atoms with E-state index in [-0.39, 0.29) is 0 Å². The zero-order valence-corrected chi connectivity index (χ0v) is 12.3. The first-order valence-electron chi connectivity index (χ1n) is 5.98. The third-order valence-corrected chi connectivity index (χ3v) is 3.28. The fourth-order valence-electron chi connectivity index (χ4n) is 1.92. The van der Waals surface area contributed by atoms with Gasteiger partial charge in [0, 0.05) is 12.4 Å². The topological polar surface area (TPSA) is 64.3 Å². The highest BCUT2D eigenvalue weighted by Gasteiger charge is 2.06. The molecular weight excluding hydrogens is 322 g/mol. The minimum atomic E-state index is 0.573. The summed E-state index contributed by atoms with van der Waals surface area (Å²) < 4.78 is 7.95. The second-order valence-electron chi connectivity index (χ2n) is 4.10. The van der Waals surface area contributed by atoms with E-state index in [1.165, 1.54) is 0 Å². The molecular formula is C13H12BrN5O. The molecule has 3 heterocycles. The van der Waals surface area contributed by atoms with Gasteiger partial charge in [0.05, 0.1) is 37.4 Å². The molecule has 0 atom stereocenters. The van der Waals surface area contributed by atoms with Gasteiger partial charge in [-0.25, -0.2) is 15.0 Å². The molecule has 1 N–H and O–H groups in total. The Morgan fingerprint density at radius 3 is 3.05 bits per heavy atom. The lowest BCUT2D eigenvalue weighted by molar-refractivity contribution is 0.399. The maximum Gasteiger partial charge on any atom is 0.237 e. The molecule has 0 unspecified atom stereocenters. The monoisotopic (exact) mass is 333 g/mol. The zero-order valence-electron chi connectivity index (χ0n) is 10.7. The first-order valence-corrected chi connectivity index (χ1v) is 6.77. The van der Waals surface area contributed by atoms with Crippen LogP contribution in [0.2, 0.25) is 0 Å². The number of hydrogen-bond donors (Lipinski definition) is 1. The largest absolute Gasteiger partial charge is 0.480 e. The first-order chi connectivity index (χ1) is 9.78. The second kappa shape index (κ2) is 5.46. The van der Waals surface area contributed by atoms with Crippen molar-refractivity contribution in [1.82, 2.24) is 19.4 Å². The molecule has 0 aliphatic heterocycles.